The molecule has 38 heavy (non-hydrogen) atoms. The molecule has 0 radical (unpaired) electrons. The number of rotatable bonds is 6. The highest BCUT2D eigenvalue weighted by atomic mass is 19.4. The molecule has 4 rings (SSSR count). The van der Waals surface area contributed by atoms with Gasteiger partial charge in [-0.3, -0.25) is 14.9 Å². The van der Waals surface area contributed by atoms with Crippen molar-refractivity contribution in [3.05, 3.63) is 70.8 Å². The third-order valence-corrected chi connectivity index (χ3v) is 7.30. The highest BCUT2D eigenvalue weighted by Gasteiger charge is 2.51. The maximum Gasteiger partial charge on any atom is 0.417 e. The monoisotopic (exact) mass is 541 g/mol. The van der Waals surface area contributed by atoms with E-state index in [9.17, 15) is 35.9 Å². The summed E-state index contributed by atoms with van der Waals surface area (Å²) < 4.78 is 80.4. The van der Waals surface area contributed by atoms with Crippen molar-refractivity contribution in [1.82, 2.24) is 15.1 Å². The van der Waals surface area contributed by atoms with Crippen LogP contribution in [0, 0.1) is 0 Å². The Morgan fingerprint density at radius 2 is 1.66 bits per heavy atom. The van der Waals surface area contributed by atoms with Gasteiger partial charge < -0.3 is 9.80 Å². The van der Waals surface area contributed by atoms with Crippen LogP contribution < -0.4 is 5.32 Å². The largest absolute Gasteiger partial charge is 0.417 e. The molecule has 2 aliphatic heterocycles. The number of amides is 2. The fourth-order valence-corrected chi connectivity index (χ4v) is 5.30. The highest BCUT2D eigenvalue weighted by molar-refractivity contribution is 5.96. The number of nitrogens with zero attached hydrogens (tertiary/aromatic N) is 2. The normalized spacial score (nSPS) is 19.9. The molecular formula is C27H29F6N3O2. The minimum Gasteiger partial charge on any atom is -0.338 e. The van der Waals surface area contributed by atoms with Gasteiger partial charge in [-0.1, -0.05) is 43.7 Å². The smallest absolute Gasteiger partial charge is 0.338 e. The number of hydrogen-bond acceptors (Lipinski definition) is 3. The lowest BCUT2D eigenvalue weighted by Gasteiger charge is -2.45. The van der Waals surface area contributed by atoms with Gasteiger partial charge in [-0.05, 0) is 36.6 Å². The minimum absolute atomic E-state index is 0.00661. The third kappa shape index (κ3) is 5.67. The summed E-state index contributed by atoms with van der Waals surface area (Å²) in [6, 6.07) is 9.91. The van der Waals surface area contributed by atoms with Crippen molar-refractivity contribution >= 4 is 11.8 Å². The Labute approximate surface area is 216 Å². The second kappa shape index (κ2) is 10.6. The van der Waals surface area contributed by atoms with Crippen molar-refractivity contribution in [2.45, 2.75) is 63.1 Å². The van der Waals surface area contributed by atoms with E-state index in [0.717, 1.165) is 23.3 Å². The predicted molar refractivity (Wildman–Crippen MR) is 128 cm³/mol. The van der Waals surface area contributed by atoms with Crippen LogP contribution in [0.15, 0.2) is 48.5 Å². The zero-order valence-corrected chi connectivity index (χ0v) is 20.8. The van der Waals surface area contributed by atoms with E-state index in [0.29, 0.717) is 25.1 Å². The van der Waals surface area contributed by atoms with Crippen LogP contribution in [-0.2, 0) is 23.6 Å². The van der Waals surface area contributed by atoms with Gasteiger partial charge in [0.15, 0.2) is 0 Å². The van der Waals surface area contributed by atoms with E-state index in [4.69, 9.17) is 0 Å². The van der Waals surface area contributed by atoms with E-state index in [1.165, 1.54) is 0 Å². The summed E-state index contributed by atoms with van der Waals surface area (Å²) in [6.07, 6.45) is -7.32. The molecule has 1 unspecified atom stereocenters. The fourth-order valence-electron chi connectivity index (χ4n) is 5.30. The average Bonchev–Trinajstić information content (AvgIpc) is 3.11. The van der Waals surface area contributed by atoms with Crippen LogP contribution >= 0.6 is 0 Å². The fraction of sp³-hybridized carbons (Fsp3) is 0.481. The van der Waals surface area contributed by atoms with Crippen LogP contribution in [0.5, 0.6) is 0 Å². The summed E-state index contributed by atoms with van der Waals surface area (Å²) >= 11 is 0. The number of nitrogens with one attached hydrogen (secondary N) is 1. The number of alkyl halides is 6. The lowest BCUT2D eigenvalue weighted by Crippen LogP contribution is -2.59. The number of halogens is 6. The molecule has 1 atom stereocenters. The van der Waals surface area contributed by atoms with Crippen molar-refractivity contribution < 1.29 is 35.9 Å². The first-order chi connectivity index (χ1) is 17.9. The zero-order valence-electron chi connectivity index (χ0n) is 20.8. The molecule has 2 fully saturated rings. The van der Waals surface area contributed by atoms with Crippen LogP contribution in [0.25, 0.3) is 0 Å². The summed E-state index contributed by atoms with van der Waals surface area (Å²) in [4.78, 5) is 29.4. The molecule has 0 aliphatic carbocycles. The molecule has 2 aromatic rings. The molecule has 0 bridgehead atoms. The Morgan fingerprint density at radius 1 is 1.00 bits per heavy atom. The maximum atomic E-state index is 13.6. The van der Waals surface area contributed by atoms with Gasteiger partial charge >= 0.3 is 12.4 Å². The second-order valence-electron chi connectivity index (χ2n) is 9.81. The summed E-state index contributed by atoms with van der Waals surface area (Å²) in [6.45, 7) is 2.48. The first kappa shape index (κ1) is 27.9. The Bertz CT molecular complexity index is 1160. The number of unbranched alkanes of at least 4 members (excludes halogenated alkanes) is 1. The molecule has 5 nitrogen and oxygen atoms in total. The summed E-state index contributed by atoms with van der Waals surface area (Å²) in [7, 11) is 0. The van der Waals surface area contributed by atoms with Crippen molar-refractivity contribution in [3.8, 4) is 0 Å². The Hall–Kier alpha value is -3.08. The first-order valence-corrected chi connectivity index (χ1v) is 12.6. The van der Waals surface area contributed by atoms with Crippen molar-refractivity contribution in [2.75, 3.05) is 19.6 Å². The molecule has 2 aliphatic rings. The van der Waals surface area contributed by atoms with Gasteiger partial charge in [-0.2, -0.15) is 26.3 Å². The number of benzene rings is 2. The van der Waals surface area contributed by atoms with Crippen molar-refractivity contribution in [3.63, 3.8) is 0 Å². The predicted octanol–water partition coefficient (Wildman–Crippen LogP) is 5.50. The van der Waals surface area contributed by atoms with E-state index in [1.54, 1.807) is 4.90 Å². The topological polar surface area (TPSA) is 52.7 Å². The van der Waals surface area contributed by atoms with Gasteiger partial charge in [0.1, 0.15) is 0 Å². The first-order valence-electron chi connectivity index (χ1n) is 12.6. The van der Waals surface area contributed by atoms with E-state index in [-0.39, 0.29) is 37.9 Å². The minimum atomic E-state index is -4.99. The number of carbonyl (C=O) groups excluding carboxylic acids is 2. The zero-order chi connectivity index (χ0) is 27.7. The molecule has 2 heterocycles. The Morgan fingerprint density at radius 3 is 2.24 bits per heavy atom. The third-order valence-electron chi connectivity index (χ3n) is 7.30. The molecule has 1 spiro atoms. The molecule has 2 saturated heterocycles. The quantitative estimate of drug-likeness (QED) is 0.492. The van der Waals surface area contributed by atoms with Gasteiger partial charge in [0.2, 0.25) is 5.91 Å². The molecule has 206 valence electrons. The lowest BCUT2D eigenvalue weighted by atomic mass is 9.94. The van der Waals surface area contributed by atoms with Crippen molar-refractivity contribution in [2.24, 2.45) is 0 Å². The van der Waals surface area contributed by atoms with Gasteiger partial charge in [0.05, 0.1) is 28.4 Å². The van der Waals surface area contributed by atoms with Gasteiger partial charge in [-0.25, -0.2) is 0 Å². The average molecular weight is 542 g/mol. The standard InChI is InChI=1S/C27H29F6N3O2/c1-2-3-13-36-24(38)22(16-18-7-5-4-6-8-18)34-25(36)11-14-35(15-12-25)23(37)20-17-19(26(28,29)30)9-10-21(20)27(31,32)33/h4-10,17,22,34H,2-3,11-16H2,1H3. The Kier molecular flexibility index (Phi) is 7.79. The molecule has 0 aromatic heterocycles. The van der Waals surface area contributed by atoms with Crippen LogP contribution in [0.2, 0.25) is 0 Å². The molecular weight excluding hydrogens is 512 g/mol. The highest BCUT2D eigenvalue weighted by Crippen LogP contribution is 2.39. The molecule has 1 N–H and O–H groups in total. The van der Waals surface area contributed by atoms with Gasteiger partial charge in [-0.15, -0.1) is 0 Å². The van der Waals surface area contributed by atoms with Crippen LogP contribution in [0.3, 0.4) is 0 Å². The number of carbonyl (C=O) groups is 2. The van der Waals surface area contributed by atoms with Gasteiger partial charge in [0.25, 0.3) is 5.91 Å². The number of hydrogen-bond donors (Lipinski definition) is 1. The molecule has 0 saturated carbocycles. The van der Waals surface area contributed by atoms with E-state index < -0.39 is 46.7 Å². The van der Waals surface area contributed by atoms with Crippen LogP contribution in [0.4, 0.5) is 26.3 Å². The summed E-state index contributed by atoms with van der Waals surface area (Å²) in [5.74, 6) is -1.18. The lowest BCUT2D eigenvalue weighted by molar-refractivity contribution is -0.141. The summed E-state index contributed by atoms with van der Waals surface area (Å²) in [5, 5.41) is 3.44. The van der Waals surface area contributed by atoms with Crippen LogP contribution in [-0.4, -0.2) is 53.0 Å². The molecule has 11 heteroatoms. The number of piperidine rings is 1. The van der Waals surface area contributed by atoms with Gasteiger partial charge in [0, 0.05) is 32.5 Å². The second-order valence-corrected chi connectivity index (χ2v) is 9.81. The van der Waals surface area contributed by atoms with E-state index in [2.05, 4.69) is 5.32 Å². The number of likely N-dealkylation sites (tertiary alicyclic amines) is 1. The molecule has 2 aromatic carbocycles. The van der Waals surface area contributed by atoms with Crippen molar-refractivity contribution in [1.29, 1.82) is 0 Å². The summed E-state index contributed by atoms with van der Waals surface area (Å²) in [5.41, 5.74) is -3.55. The van der Waals surface area contributed by atoms with E-state index >= 15 is 0 Å². The van der Waals surface area contributed by atoms with Crippen LogP contribution in [0.1, 0.15) is 59.7 Å². The maximum absolute atomic E-state index is 13.6. The molecule has 2 amide bonds. The van der Waals surface area contributed by atoms with E-state index in [1.807, 2.05) is 37.3 Å². The Balaban J connectivity index is 1.56. The SMILES string of the molecule is CCCCN1C(=O)C(Cc2ccccc2)NC12CCN(C(=O)c1cc(C(F)(F)F)ccc1C(F)(F)F)CC2.